The molecule has 98 heavy (non-hydrogen) atoms. The molecule has 5 rings (SSSR count). The molecule has 28 atom stereocenters. The number of aliphatic hydroxyl groups excluding tert-OH is 16. The molecule has 35 nitrogen and oxygen atoms in total. The number of amides is 3. The maximum atomic E-state index is 13.6. The van der Waals surface area contributed by atoms with Gasteiger partial charge in [-0.25, -0.2) is 0 Å². The van der Waals surface area contributed by atoms with Gasteiger partial charge in [-0.2, -0.15) is 0 Å². The Hall–Kier alpha value is -3.72. The highest BCUT2D eigenvalue weighted by Gasteiger charge is 2.60. The first kappa shape index (κ1) is 86.7. The van der Waals surface area contributed by atoms with E-state index in [1.54, 1.807) is 19.1 Å². The van der Waals surface area contributed by atoms with E-state index in [4.69, 9.17) is 47.4 Å². The van der Waals surface area contributed by atoms with E-state index in [0.29, 0.717) is 6.42 Å². The van der Waals surface area contributed by atoms with Crippen molar-refractivity contribution in [2.45, 2.75) is 308 Å². The van der Waals surface area contributed by atoms with Gasteiger partial charge in [0.2, 0.25) is 23.5 Å². The Morgan fingerprint density at radius 1 is 0.561 bits per heavy atom. The summed E-state index contributed by atoms with van der Waals surface area (Å²) in [6, 6.07) is -4.88. The van der Waals surface area contributed by atoms with Crippen LogP contribution in [0.15, 0.2) is 24.3 Å². The minimum absolute atomic E-state index is 0. The summed E-state index contributed by atoms with van der Waals surface area (Å²) in [5.74, 6) is -8.14. The minimum Gasteiger partial charge on any atom is -0.544 e. The van der Waals surface area contributed by atoms with Crippen LogP contribution in [-0.2, 0) is 66.5 Å². The quantitative estimate of drug-likeness (QED) is 0.0200. The van der Waals surface area contributed by atoms with Crippen LogP contribution in [0.3, 0.4) is 0 Å². The summed E-state index contributed by atoms with van der Waals surface area (Å²) in [4.78, 5) is 52.4. The van der Waals surface area contributed by atoms with Gasteiger partial charge in [0.15, 0.2) is 25.2 Å². The number of quaternary nitrogens is 1. The molecule has 5 aliphatic rings. The van der Waals surface area contributed by atoms with E-state index in [2.05, 4.69) is 22.9 Å². The average Bonchev–Trinajstić information content (AvgIpc) is 0.755. The van der Waals surface area contributed by atoms with Crippen molar-refractivity contribution in [1.29, 1.82) is 0 Å². The summed E-state index contributed by atoms with van der Waals surface area (Å²) < 4.78 is 59.3. The number of ether oxygens (including phenoxy) is 10. The third-order valence-electron chi connectivity index (χ3n) is 17.9. The molecule has 0 aliphatic carbocycles. The van der Waals surface area contributed by atoms with E-state index in [0.717, 1.165) is 46.0 Å². The summed E-state index contributed by atoms with van der Waals surface area (Å²) in [6.45, 7) is -0.293. The van der Waals surface area contributed by atoms with Gasteiger partial charge < -0.3 is 161 Å². The van der Waals surface area contributed by atoms with E-state index >= 15 is 0 Å². The van der Waals surface area contributed by atoms with Crippen molar-refractivity contribution < 1.29 is 153 Å². The molecular weight excluding hydrogens is 1310 g/mol. The molecule has 0 aromatic carbocycles. The fraction of sp³-hybridized carbons (Fsp3) is 0.873. The maximum absolute atomic E-state index is 13.6. The molecule has 0 aromatic rings. The molecule has 0 bridgehead atoms. The van der Waals surface area contributed by atoms with E-state index in [1.165, 1.54) is 69.9 Å². The third-order valence-corrected chi connectivity index (χ3v) is 17.9. The van der Waals surface area contributed by atoms with Crippen LogP contribution in [0, 0.1) is 0 Å². The summed E-state index contributed by atoms with van der Waals surface area (Å²) in [6.07, 6.45) is -27.9. The highest BCUT2D eigenvalue weighted by Crippen LogP contribution is 2.41. The Morgan fingerprint density at radius 3 is 1.58 bits per heavy atom. The molecular formula is C63H112N4O31. The van der Waals surface area contributed by atoms with E-state index < -0.39 is 241 Å². The first-order valence-electron chi connectivity index (χ1n) is 33.7. The van der Waals surface area contributed by atoms with Crippen molar-refractivity contribution in [2.24, 2.45) is 0 Å². The molecule has 5 saturated heterocycles. The van der Waals surface area contributed by atoms with Crippen LogP contribution in [0.4, 0.5) is 0 Å². The second-order valence-corrected chi connectivity index (χ2v) is 25.4. The number of rotatable bonds is 41. The lowest BCUT2D eigenvalue weighted by Gasteiger charge is -2.54. The van der Waals surface area contributed by atoms with Gasteiger partial charge in [-0.1, -0.05) is 121 Å². The van der Waals surface area contributed by atoms with Crippen LogP contribution in [-0.4, -0.2) is 316 Å². The summed E-state index contributed by atoms with van der Waals surface area (Å²) >= 11 is 0. The van der Waals surface area contributed by atoms with Crippen LogP contribution in [0.2, 0.25) is 0 Å². The van der Waals surface area contributed by atoms with Gasteiger partial charge in [-0.15, -0.1) is 0 Å². The number of hydrogen-bond acceptors (Lipinski definition) is 31. The number of carbonyl (C=O) groups excluding carboxylic acids is 4. The lowest BCUT2D eigenvalue weighted by molar-refractivity contribution is -0.421. The van der Waals surface area contributed by atoms with Gasteiger partial charge in [-0.05, 0) is 13.3 Å². The molecule has 0 spiro atoms. The Balaban J connectivity index is 0.0000204. The molecule has 35 heteroatoms. The van der Waals surface area contributed by atoms with Crippen molar-refractivity contribution >= 4 is 23.7 Å². The average molecular weight is 1420 g/mol. The normalized spacial score (nSPS) is 36.6. The minimum atomic E-state index is -3.49. The van der Waals surface area contributed by atoms with Crippen molar-refractivity contribution in [3.8, 4) is 0 Å². The third kappa shape index (κ3) is 24.2. The highest BCUT2D eigenvalue weighted by atomic mass is 16.8. The zero-order valence-electron chi connectivity index (χ0n) is 56.4. The first-order valence-corrected chi connectivity index (χ1v) is 33.7. The number of allylic oxidation sites excluding steroid dienone is 3. The molecule has 3 amide bonds. The second-order valence-electron chi connectivity index (χ2n) is 25.4. The summed E-state index contributed by atoms with van der Waals surface area (Å²) in [5.41, 5.74) is 0. The Kier molecular flexibility index (Phi) is 38.4. The fourth-order valence-corrected chi connectivity index (χ4v) is 12.4. The van der Waals surface area contributed by atoms with E-state index in [1.807, 2.05) is 0 Å². The monoisotopic (exact) mass is 1420 g/mol. The van der Waals surface area contributed by atoms with Crippen molar-refractivity contribution in [1.82, 2.24) is 22.1 Å². The number of nitrogens with one attached hydrogen (secondary N) is 3. The molecule has 0 saturated carbocycles. The van der Waals surface area contributed by atoms with Crippen LogP contribution in [0.1, 0.15) is 137 Å². The number of hydrogen-bond donors (Lipinski definition) is 20. The van der Waals surface area contributed by atoms with Crippen LogP contribution in [0.25, 0.3) is 0 Å². The fourth-order valence-electron chi connectivity index (χ4n) is 12.4. The zero-order valence-corrected chi connectivity index (χ0v) is 56.4. The maximum Gasteiger partial charge on any atom is 0.220 e. The van der Waals surface area contributed by atoms with E-state index in [-0.39, 0.29) is 12.6 Å². The van der Waals surface area contributed by atoms with Crippen molar-refractivity contribution in [3.05, 3.63) is 24.3 Å². The molecule has 0 radical (unpaired) electrons. The molecule has 0 aromatic heterocycles. The van der Waals surface area contributed by atoms with Gasteiger partial charge in [0, 0.05) is 26.7 Å². The van der Waals surface area contributed by atoms with Gasteiger partial charge in [-0.3, -0.25) is 14.4 Å². The van der Waals surface area contributed by atoms with Gasteiger partial charge in [0.25, 0.3) is 0 Å². The number of carboxylic acids is 1. The first-order chi connectivity index (χ1) is 46.3. The van der Waals surface area contributed by atoms with Crippen LogP contribution < -0.4 is 27.2 Å². The molecule has 2 unspecified atom stereocenters. The standard InChI is InChI=1S/C63H109N3O31.H3N/c1-5-7-9-10-11-12-13-14-15-16-17-18-19-20-22-24-42(77)66-34(35(74)23-21-8-6-2)31-88-59-51(84)49(82)53(40(29-70)91-59)93-61-52(85)57(97-63(62(86)87)25-36(75)43(64-32(3)72)56(96-63)45(78)37(76)26-67)54(41(30-71)92-61)94-58-44(65-33(4)73)55(47(80)39(28-69)89-58)95-60-50(83)48(81)46(79)38(27-68)90-60;/h6,8,21,23,34-41,43-61,67-71,74-76,78-85H,5,7,9-20,22,24-31H2,1-4H3,(H,64,72)(H,65,73)(H,66,77)(H,86,87);1H3/b8-6+,23-21+;/t34-,35+,36-,37+,38+,39+,40+,41+,43?,44+,45+,46-,47-,48-,49+,50+,51+,52+,53+,54-,55+,56?,57+,58-,59+,60-,61-,63-;/m0./s1. The topological polar surface area (TPSA) is 580 Å². The largest absolute Gasteiger partial charge is 0.544 e. The van der Waals surface area contributed by atoms with Crippen molar-refractivity contribution in [3.63, 3.8) is 0 Å². The number of aliphatic hydroxyl groups is 16. The summed E-state index contributed by atoms with van der Waals surface area (Å²) in [7, 11) is 0. The lowest BCUT2D eigenvalue weighted by Crippen LogP contribution is -2.73. The Bertz CT molecular complexity index is 2370. The zero-order chi connectivity index (χ0) is 71.7. The predicted octanol–water partition coefficient (Wildman–Crippen LogP) is -6.13. The van der Waals surface area contributed by atoms with Crippen molar-refractivity contribution in [2.75, 3.05) is 39.6 Å². The number of carboxylic acid groups (broad SMARTS) is 1. The number of unbranched alkanes of at least 4 members (excludes halogenated alkanes) is 14. The van der Waals surface area contributed by atoms with Gasteiger partial charge in [0.1, 0.15) is 122 Å². The Labute approximate surface area is 569 Å². The van der Waals surface area contributed by atoms with Gasteiger partial charge >= 0.3 is 0 Å². The number of aliphatic carboxylic acids is 1. The lowest BCUT2D eigenvalue weighted by atomic mass is 9.88. The molecule has 5 heterocycles. The highest BCUT2D eigenvalue weighted by molar-refractivity contribution is 5.76. The van der Waals surface area contributed by atoms with Crippen LogP contribution >= 0.6 is 0 Å². The molecule has 570 valence electrons. The smallest absolute Gasteiger partial charge is 0.220 e. The summed E-state index contributed by atoms with van der Waals surface area (Å²) in [5, 5.41) is 197. The van der Waals surface area contributed by atoms with Crippen LogP contribution in [0.5, 0.6) is 0 Å². The molecule has 5 aliphatic heterocycles. The Morgan fingerprint density at radius 2 is 1.04 bits per heavy atom. The molecule has 5 fully saturated rings. The van der Waals surface area contributed by atoms with Gasteiger partial charge in [0.05, 0.1) is 63.9 Å². The van der Waals surface area contributed by atoms with E-state index in [9.17, 15) is 106 Å². The second kappa shape index (κ2) is 43.4. The SMILES string of the molecule is C/C=C/C=C/[C@@H](O)[C@H](CO[C@@H]1O[C@H](CO)[C@@H](O[C@@H]2O[C@H](CO)[C@H](O[C@@H]3O[C@H](CO)[C@H](O)[C@H](O[C@@H]4O[C@H](CO)[C@H](O)[C@H](O)[C@H]4O)[C@H]3NC(C)=O)[C@H](O[C@]3(C(=O)[O-])C[C@H](O)C(NC(C)=O)C([C@H](O)[C@H](O)CO)O3)[C@H]2O)[C@H](O)[C@H]1O)NC(=O)CCCCCCCCCCCCCCCCC.[NH4+]. The molecule has 23 N–H and O–H groups in total. The number of carbonyl (C=O) groups is 4. The predicted molar refractivity (Wildman–Crippen MR) is 335 cm³/mol.